The van der Waals surface area contributed by atoms with Crippen LogP contribution in [-0.2, 0) is 19.9 Å². The van der Waals surface area contributed by atoms with Crippen molar-refractivity contribution in [2.45, 2.75) is 30.5 Å². The number of ether oxygens (including phenoxy) is 4. The number of imidazole rings is 1. The van der Waals surface area contributed by atoms with Crippen molar-refractivity contribution in [3.63, 3.8) is 0 Å². The van der Waals surface area contributed by atoms with Crippen molar-refractivity contribution in [3.8, 4) is 11.5 Å². The van der Waals surface area contributed by atoms with Crippen molar-refractivity contribution < 1.29 is 28.8 Å². The number of aromatic nitrogens is 4. The molecule has 0 saturated carbocycles. The molecule has 1 saturated heterocycles. The van der Waals surface area contributed by atoms with Gasteiger partial charge in [0.15, 0.2) is 0 Å². The van der Waals surface area contributed by atoms with Gasteiger partial charge in [-0.05, 0) is 47.0 Å². The average Bonchev–Trinajstić information content (AvgIpc) is 3.84. The minimum atomic E-state index is -1.14. The SMILES string of the molecule is COc1ccc(C(OC[C@H]2O[C@@H](n3cc(/C=C/CNC(=O)/C=C/c4cnc[nH]4)c(=O)[nH]c3=O)C[C@@H]2O)(c2ccccc2)c2ccc(OC)cc2)cc1. The van der Waals surface area contributed by atoms with Gasteiger partial charge >= 0.3 is 5.69 Å². The van der Waals surface area contributed by atoms with E-state index in [-0.39, 0.29) is 31.0 Å². The van der Waals surface area contributed by atoms with Gasteiger partial charge in [0.2, 0.25) is 5.91 Å². The van der Waals surface area contributed by atoms with Gasteiger partial charge in [-0.25, -0.2) is 9.78 Å². The molecule has 1 amide bonds. The van der Waals surface area contributed by atoms with Crippen LogP contribution in [0.2, 0.25) is 0 Å². The fourth-order valence-corrected chi connectivity index (χ4v) is 6.08. The van der Waals surface area contributed by atoms with E-state index in [9.17, 15) is 19.5 Å². The third-order valence-electron chi connectivity index (χ3n) is 8.77. The molecule has 3 heterocycles. The van der Waals surface area contributed by atoms with Gasteiger partial charge in [0, 0.05) is 25.2 Å². The lowest BCUT2D eigenvalue weighted by atomic mass is 9.80. The lowest BCUT2D eigenvalue weighted by Crippen LogP contribution is -2.38. The lowest BCUT2D eigenvalue weighted by Gasteiger charge is -2.37. The molecule has 268 valence electrons. The highest BCUT2D eigenvalue weighted by atomic mass is 16.6. The summed E-state index contributed by atoms with van der Waals surface area (Å²) in [6, 6.07) is 24.9. The highest BCUT2D eigenvalue weighted by Gasteiger charge is 2.42. The quantitative estimate of drug-likeness (QED) is 0.0993. The van der Waals surface area contributed by atoms with Crippen LogP contribution in [0.5, 0.6) is 11.5 Å². The smallest absolute Gasteiger partial charge is 0.330 e. The number of hydrogen-bond acceptors (Lipinski definition) is 9. The monoisotopic (exact) mass is 705 g/mol. The molecule has 2 aromatic heterocycles. The fraction of sp³-hybridized carbons (Fsp3) is 0.231. The highest BCUT2D eigenvalue weighted by molar-refractivity contribution is 5.91. The standard InChI is InChI=1S/C39H39N5O8/c1-49-31-15-10-28(11-16-31)39(27-8-4-3-5-9-27,29-12-17-32(50-2)18-13-29)51-24-34-33(45)21-36(52-34)44-23-26(37(47)43-38(44)48)7-6-20-41-35(46)19-14-30-22-40-25-42-30/h3-19,22-23,25,33-34,36,45H,20-21,24H2,1-2H3,(H,40,42)(H,41,46)(H,43,47,48)/b7-6+,19-14+/t33-,34+,36+/m0/s1. The Balaban J connectivity index is 1.22. The van der Waals surface area contributed by atoms with Crippen LogP contribution in [0.4, 0.5) is 0 Å². The largest absolute Gasteiger partial charge is 0.497 e. The van der Waals surface area contributed by atoms with E-state index in [1.165, 1.54) is 29.2 Å². The minimum absolute atomic E-state index is 0.0516. The number of nitrogens with one attached hydrogen (secondary N) is 3. The van der Waals surface area contributed by atoms with E-state index < -0.39 is 35.3 Å². The Kier molecular flexibility index (Phi) is 11.2. The number of carbonyl (C=O) groups is 1. The molecule has 3 aromatic carbocycles. The van der Waals surface area contributed by atoms with Gasteiger partial charge in [0.25, 0.3) is 5.56 Å². The van der Waals surface area contributed by atoms with Gasteiger partial charge in [-0.3, -0.25) is 19.1 Å². The van der Waals surface area contributed by atoms with Crippen molar-refractivity contribution in [1.29, 1.82) is 0 Å². The lowest BCUT2D eigenvalue weighted by molar-refractivity contribution is -0.116. The van der Waals surface area contributed by atoms with Gasteiger partial charge in [-0.15, -0.1) is 0 Å². The van der Waals surface area contributed by atoms with Crippen LogP contribution >= 0.6 is 0 Å². The normalized spacial score (nSPS) is 17.5. The summed E-state index contributed by atoms with van der Waals surface area (Å²) in [5, 5.41) is 13.9. The number of hydrogen-bond donors (Lipinski definition) is 4. The zero-order valence-electron chi connectivity index (χ0n) is 28.6. The average molecular weight is 706 g/mol. The molecule has 0 aliphatic carbocycles. The Labute approximate surface area is 299 Å². The second kappa shape index (κ2) is 16.3. The summed E-state index contributed by atoms with van der Waals surface area (Å²) < 4.78 is 25.3. The fourth-order valence-electron chi connectivity index (χ4n) is 6.08. The van der Waals surface area contributed by atoms with Crippen molar-refractivity contribution in [3.05, 3.63) is 159 Å². The van der Waals surface area contributed by atoms with Crippen molar-refractivity contribution in [2.24, 2.45) is 0 Å². The van der Waals surface area contributed by atoms with E-state index in [1.54, 1.807) is 32.6 Å². The molecule has 1 fully saturated rings. The third kappa shape index (κ3) is 7.97. The van der Waals surface area contributed by atoms with Crippen LogP contribution in [0.25, 0.3) is 12.2 Å². The van der Waals surface area contributed by atoms with Crippen LogP contribution in [-0.4, -0.2) is 70.1 Å². The maximum absolute atomic E-state index is 13.0. The molecule has 6 rings (SSSR count). The van der Waals surface area contributed by atoms with Crippen LogP contribution in [0.3, 0.4) is 0 Å². The zero-order chi connectivity index (χ0) is 36.5. The van der Waals surface area contributed by atoms with Crippen LogP contribution in [0, 0.1) is 0 Å². The number of H-pyrrole nitrogens is 2. The molecule has 1 aliphatic rings. The summed E-state index contributed by atoms with van der Waals surface area (Å²) in [4.78, 5) is 46.8. The zero-order valence-corrected chi connectivity index (χ0v) is 28.6. The second-order valence-electron chi connectivity index (χ2n) is 12.0. The number of aliphatic hydroxyl groups is 1. The number of aromatic amines is 2. The van der Waals surface area contributed by atoms with E-state index in [0.717, 1.165) is 16.7 Å². The number of aliphatic hydroxyl groups excluding tert-OH is 1. The maximum atomic E-state index is 13.0. The molecule has 5 aromatic rings. The van der Waals surface area contributed by atoms with Crippen molar-refractivity contribution in [1.82, 2.24) is 24.8 Å². The Bertz CT molecular complexity index is 2060. The Morgan fingerprint density at radius 3 is 2.25 bits per heavy atom. The minimum Gasteiger partial charge on any atom is -0.497 e. The number of rotatable bonds is 14. The summed E-state index contributed by atoms with van der Waals surface area (Å²) >= 11 is 0. The molecule has 52 heavy (non-hydrogen) atoms. The van der Waals surface area contributed by atoms with Crippen LogP contribution in [0.15, 0.2) is 119 Å². The molecule has 3 atom stereocenters. The molecular weight excluding hydrogens is 666 g/mol. The van der Waals surface area contributed by atoms with Gasteiger partial charge < -0.3 is 34.4 Å². The summed E-state index contributed by atoms with van der Waals surface area (Å²) in [5.41, 5.74) is 0.880. The summed E-state index contributed by atoms with van der Waals surface area (Å²) in [5.74, 6) is 1.03. The predicted octanol–water partition coefficient (Wildman–Crippen LogP) is 3.78. The molecule has 13 heteroatoms. The van der Waals surface area contributed by atoms with E-state index in [2.05, 4.69) is 20.3 Å². The molecule has 0 spiro atoms. The van der Waals surface area contributed by atoms with Crippen LogP contribution in [0.1, 0.15) is 40.6 Å². The van der Waals surface area contributed by atoms with Gasteiger partial charge in [-0.2, -0.15) is 0 Å². The van der Waals surface area contributed by atoms with Gasteiger partial charge in [-0.1, -0.05) is 66.7 Å². The van der Waals surface area contributed by atoms with Crippen LogP contribution < -0.4 is 26.0 Å². The predicted molar refractivity (Wildman–Crippen MR) is 194 cm³/mol. The van der Waals surface area contributed by atoms with Gasteiger partial charge in [0.1, 0.15) is 29.4 Å². The van der Waals surface area contributed by atoms with Gasteiger partial charge in [0.05, 0.1) is 50.7 Å². The van der Waals surface area contributed by atoms with E-state index in [4.69, 9.17) is 18.9 Å². The highest BCUT2D eigenvalue weighted by Crippen LogP contribution is 2.42. The van der Waals surface area contributed by atoms with Crippen molar-refractivity contribution >= 4 is 18.1 Å². The Morgan fingerprint density at radius 1 is 0.981 bits per heavy atom. The summed E-state index contributed by atoms with van der Waals surface area (Å²) in [6.07, 6.45) is 7.86. The molecule has 0 bridgehead atoms. The molecule has 1 aliphatic heterocycles. The molecule has 13 nitrogen and oxygen atoms in total. The first-order valence-corrected chi connectivity index (χ1v) is 16.6. The number of benzene rings is 3. The van der Waals surface area contributed by atoms with E-state index in [1.807, 2.05) is 78.9 Å². The first-order chi connectivity index (χ1) is 25.3. The molecule has 0 radical (unpaired) electrons. The Hall–Kier alpha value is -6.02. The number of amides is 1. The Morgan fingerprint density at radius 2 is 1.63 bits per heavy atom. The first-order valence-electron chi connectivity index (χ1n) is 16.6. The third-order valence-corrected chi connectivity index (χ3v) is 8.77. The maximum Gasteiger partial charge on any atom is 0.330 e. The molecule has 0 unspecified atom stereocenters. The number of nitrogens with zero attached hydrogens (tertiary/aromatic N) is 2. The summed E-state index contributed by atoms with van der Waals surface area (Å²) in [7, 11) is 3.21. The van der Waals surface area contributed by atoms with E-state index >= 15 is 0 Å². The molecular formula is C39H39N5O8. The first kappa shape index (κ1) is 35.8. The second-order valence-corrected chi connectivity index (χ2v) is 12.0. The molecule has 4 N–H and O–H groups in total. The number of carbonyl (C=O) groups excluding carboxylic acids is 1. The topological polar surface area (TPSA) is 170 Å². The van der Waals surface area contributed by atoms with E-state index in [0.29, 0.717) is 17.2 Å². The summed E-state index contributed by atoms with van der Waals surface area (Å²) in [6.45, 7) is 0.0817. The number of methoxy groups -OCH3 is 2. The van der Waals surface area contributed by atoms with Crippen molar-refractivity contribution in [2.75, 3.05) is 27.4 Å².